The maximum Gasteiger partial charge on any atom is 0.125 e. The van der Waals surface area contributed by atoms with E-state index < -0.39 is 0 Å². The van der Waals surface area contributed by atoms with Crippen LogP contribution in [0.2, 0.25) is 0 Å². The molecule has 2 nitrogen and oxygen atoms in total. The SMILES string of the molecule is CC(Cc1ccc(O)cc1)Nc1cc(F)ccc1Br. The Kier molecular flexibility index (Phi) is 4.43. The van der Waals surface area contributed by atoms with Gasteiger partial charge < -0.3 is 10.4 Å². The van der Waals surface area contributed by atoms with E-state index in [1.54, 1.807) is 18.2 Å². The molecule has 0 saturated carbocycles. The Labute approximate surface area is 120 Å². The van der Waals surface area contributed by atoms with Gasteiger partial charge in [0.25, 0.3) is 0 Å². The van der Waals surface area contributed by atoms with Crippen LogP contribution >= 0.6 is 15.9 Å². The molecular weight excluding hydrogens is 309 g/mol. The molecule has 2 rings (SSSR count). The van der Waals surface area contributed by atoms with Crippen molar-refractivity contribution in [1.82, 2.24) is 0 Å². The molecule has 0 amide bonds. The van der Waals surface area contributed by atoms with Crippen molar-refractivity contribution in [3.05, 3.63) is 58.3 Å². The predicted molar refractivity (Wildman–Crippen MR) is 79.0 cm³/mol. The van der Waals surface area contributed by atoms with Gasteiger partial charge in [-0.15, -0.1) is 0 Å². The average Bonchev–Trinajstić information content (AvgIpc) is 2.37. The molecule has 0 radical (unpaired) electrons. The molecule has 100 valence electrons. The maximum atomic E-state index is 13.2. The highest BCUT2D eigenvalue weighted by atomic mass is 79.9. The summed E-state index contributed by atoms with van der Waals surface area (Å²) < 4.78 is 14.0. The molecule has 0 spiro atoms. The topological polar surface area (TPSA) is 32.3 Å². The lowest BCUT2D eigenvalue weighted by molar-refractivity contribution is 0.475. The van der Waals surface area contributed by atoms with Crippen LogP contribution in [0.4, 0.5) is 10.1 Å². The number of rotatable bonds is 4. The van der Waals surface area contributed by atoms with E-state index in [1.165, 1.54) is 12.1 Å². The molecular formula is C15H15BrFNO. The number of phenols is 1. The monoisotopic (exact) mass is 323 g/mol. The third kappa shape index (κ3) is 3.96. The predicted octanol–water partition coefficient (Wildman–Crippen LogP) is 4.34. The first kappa shape index (κ1) is 13.9. The standard InChI is InChI=1S/C15H15BrFNO/c1-10(8-11-2-5-13(19)6-3-11)18-15-9-12(17)4-7-14(15)16/h2-7,9-10,18-19H,8H2,1H3. The molecule has 19 heavy (non-hydrogen) atoms. The van der Waals surface area contributed by atoms with Crippen LogP contribution in [-0.4, -0.2) is 11.1 Å². The van der Waals surface area contributed by atoms with Crippen LogP contribution in [0, 0.1) is 5.82 Å². The second-order valence-electron chi connectivity index (χ2n) is 4.54. The quantitative estimate of drug-likeness (QED) is 0.877. The smallest absolute Gasteiger partial charge is 0.125 e. The maximum absolute atomic E-state index is 13.2. The molecule has 0 heterocycles. The zero-order chi connectivity index (χ0) is 13.8. The lowest BCUT2D eigenvalue weighted by Gasteiger charge is -2.16. The summed E-state index contributed by atoms with van der Waals surface area (Å²) in [5, 5.41) is 12.5. The lowest BCUT2D eigenvalue weighted by atomic mass is 10.1. The minimum absolute atomic E-state index is 0.155. The van der Waals surface area contributed by atoms with Gasteiger partial charge in [-0.1, -0.05) is 12.1 Å². The van der Waals surface area contributed by atoms with E-state index in [4.69, 9.17) is 0 Å². The molecule has 2 N–H and O–H groups in total. The molecule has 0 bridgehead atoms. The van der Waals surface area contributed by atoms with E-state index in [-0.39, 0.29) is 17.6 Å². The molecule has 0 saturated heterocycles. The Balaban J connectivity index is 2.02. The first-order valence-electron chi connectivity index (χ1n) is 6.04. The molecule has 4 heteroatoms. The minimum atomic E-state index is -0.262. The van der Waals surface area contributed by atoms with Crippen LogP contribution in [0.25, 0.3) is 0 Å². The van der Waals surface area contributed by atoms with Gasteiger partial charge >= 0.3 is 0 Å². The first-order chi connectivity index (χ1) is 9.04. The number of benzene rings is 2. The van der Waals surface area contributed by atoms with Crippen LogP contribution in [-0.2, 0) is 6.42 Å². The zero-order valence-electron chi connectivity index (χ0n) is 10.5. The van der Waals surface area contributed by atoms with E-state index >= 15 is 0 Å². The highest BCUT2D eigenvalue weighted by Crippen LogP contribution is 2.24. The van der Waals surface area contributed by atoms with E-state index in [0.29, 0.717) is 0 Å². The summed E-state index contributed by atoms with van der Waals surface area (Å²) in [5.41, 5.74) is 1.86. The molecule has 0 fully saturated rings. The lowest BCUT2D eigenvalue weighted by Crippen LogP contribution is -2.18. The van der Waals surface area contributed by atoms with E-state index in [2.05, 4.69) is 21.2 Å². The van der Waals surface area contributed by atoms with E-state index in [9.17, 15) is 9.50 Å². The molecule has 0 aliphatic heterocycles. The van der Waals surface area contributed by atoms with Gasteiger partial charge in [-0.3, -0.25) is 0 Å². The average molecular weight is 324 g/mol. The molecule has 1 atom stereocenters. The second-order valence-corrected chi connectivity index (χ2v) is 5.39. The number of phenolic OH excluding ortho intramolecular Hbond substituents is 1. The van der Waals surface area contributed by atoms with Crippen LogP contribution in [0.1, 0.15) is 12.5 Å². The van der Waals surface area contributed by atoms with Crippen molar-refractivity contribution in [2.75, 3.05) is 5.32 Å². The molecule has 2 aromatic carbocycles. The van der Waals surface area contributed by atoms with Crippen LogP contribution in [0.15, 0.2) is 46.9 Å². The van der Waals surface area contributed by atoms with Gasteiger partial charge in [0.15, 0.2) is 0 Å². The van der Waals surface area contributed by atoms with Crippen molar-refractivity contribution in [3.63, 3.8) is 0 Å². The third-order valence-corrected chi connectivity index (χ3v) is 3.50. The molecule has 0 aromatic heterocycles. The second kappa shape index (κ2) is 6.06. The largest absolute Gasteiger partial charge is 0.508 e. The van der Waals surface area contributed by atoms with Gasteiger partial charge in [0.1, 0.15) is 11.6 Å². The molecule has 0 aliphatic carbocycles. The Hall–Kier alpha value is -1.55. The normalized spacial score (nSPS) is 12.2. The fraction of sp³-hybridized carbons (Fsp3) is 0.200. The number of hydrogen-bond acceptors (Lipinski definition) is 2. The van der Waals surface area contributed by atoms with Gasteiger partial charge in [-0.05, 0) is 65.2 Å². The Morgan fingerprint density at radius 3 is 2.58 bits per heavy atom. The Morgan fingerprint density at radius 2 is 1.89 bits per heavy atom. The summed E-state index contributed by atoms with van der Waals surface area (Å²) in [7, 11) is 0. The number of aromatic hydroxyl groups is 1. The number of nitrogens with one attached hydrogen (secondary N) is 1. The van der Waals surface area contributed by atoms with Crippen molar-refractivity contribution in [1.29, 1.82) is 0 Å². The fourth-order valence-electron chi connectivity index (χ4n) is 1.91. The summed E-state index contributed by atoms with van der Waals surface area (Å²) in [6.45, 7) is 2.03. The number of halogens is 2. The molecule has 1 unspecified atom stereocenters. The minimum Gasteiger partial charge on any atom is -0.508 e. The van der Waals surface area contributed by atoms with Crippen molar-refractivity contribution in [2.45, 2.75) is 19.4 Å². The van der Waals surface area contributed by atoms with Crippen LogP contribution in [0.5, 0.6) is 5.75 Å². The van der Waals surface area contributed by atoms with E-state index in [0.717, 1.165) is 22.1 Å². The van der Waals surface area contributed by atoms with Crippen molar-refractivity contribution < 1.29 is 9.50 Å². The van der Waals surface area contributed by atoms with Crippen molar-refractivity contribution >= 4 is 21.6 Å². The highest BCUT2D eigenvalue weighted by Gasteiger charge is 2.07. The Morgan fingerprint density at radius 1 is 1.21 bits per heavy atom. The summed E-state index contributed by atoms with van der Waals surface area (Å²) >= 11 is 3.39. The Bertz CT molecular complexity index is 557. The van der Waals surface area contributed by atoms with Gasteiger partial charge in [-0.25, -0.2) is 4.39 Å². The van der Waals surface area contributed by atoms with Gasteiger partial charge in [0.2, 0.25) is 0 Å². The summed E-state index contributed by atoms with van der Waals surface area (Å²) in [4.78, 5) is 0. The van der Waals surface area contributed by atoms with Gasteiger partial charge in [0.05, 0.1) is 5.69 Å². The van der Waals surface area contributed by atoms with E-state index in [1.807, 2.05) is 19.1 Å². The highest BCUT2D eigenvalue weighted by molar-refractivity contribution is 9.10. The number of hydrogen-bond donors (Lipinski definition) is 2. The molecule has 2 aromatic rings. The fourth-order valence-corrected chi connectivity index (χ4v) is 2.27. The van der Waals surface area contributed by atoms with Gasteiger partial charge in [-0.2, -0.15) is 0 Å². The van der Waals surface area contributed by atoms with Gasteiger partial charge in [0, 0.05) is 10.5 Å². The van der Waals surface area contributed by atoms with Crippen LogP contribution in [0.3, 0.4) is 0 Å². The number of anilines is 1. The summed E-state index contributed by atoms with van der Waals surface area (Å²) in [5.74, 6) is -0.000212. The molecule has 0 aliphatic rings. The summed E-state index contributed by atoms with van der Waals surface area (Å²) in [6, 6.07) is 11.8. The third-order valence-electron chi connectivity index (χ3n) is 2.81. The summed E-state index contributed by atoms with van der Waals surface area (Å²) in [6.07, 6.45) is 0.795. The van der Waals surface area contributed by atoms with Crippen molar-refractivity contribution in [2.24, 2.45) is 0 Å². The first-order valence-corrected chi connectivity index (χ1v) is 6.83. The van der Waals surface area contributed by atoms with Crippen molar-refractivity contribution in [3.8, 4) is 5.75 Å². The van der Waals surface area contributed by atoms with Crippen LogP contribution < -0.4 is 5.32 Å². The zero-order valence-corrected chi connectivity index (χ0v) is 12.1.